The maximum Gasteiger partial charge on any atom is 0.282 e. The van der Waals surface area contributed by atoms with Crippen molar-refractivity contribution < 1.29 is 13.5 Å². The van der Waals surface area contributed by atoms with Gasteiger partial charge in [-0.1, -0.05) is 11.6 Å². The van der Waals surface area contributed by atoms with Crippen LogP contribution < -0.4 is 5.32 Å². The zero-order valence-electron chi connectivity index (χ0n) is 17.1. The van der Waals surface area contributed by atoms with Crippen molar-refractivity contribution in [1.29, 1.82) is 5.53 Å². The Hall–Kier alpha value is -2.69. The number of hydrogen-bond acceptors (Lipinski definition) is 7. The van der Waals surface area contributed by atoms with Crippen LogP contribution in [-0.4, -0.2) is 59.2 Å². The van der Waals surface area contributed by atoms with Gasteiger partial charge in [-0.2, -0.15) is 5.11 Å². The topological polar surface area (TPSA) is 91.4 Å². The lowest BCUT2D eigenvalue weighted by atomic mass is 10.1. The van der Waals surface area contributed by atoms with Crippen molar-refractivity contribution in [2.75, 3.05) is 33.9 Å². The van der Waals surface area contributed by atoms with Gasteiger partial charge in [0.25, 0.3) is 5.92 Å². The first-order chi connectivity index (χ1) is 14.8. The number of nitrogens with zero attached hydrogens (tertiary/aromatic N) is 5. The molecule has 0 bridgehead atoms. The fourth-order valence-corrected chi connectivity index (χ4v) is 4.17. The van der Waals surface area contributed by atoms with Crippen LogP contribution in [0.4, 0.5) is 8.78 Å². The molecule has 0 amide bonds. The molecule has 1 aliphatic rings. The quantitative estimate of drug-likeness (QED) is 0.532. The summed E-state index contributed by atoms with van der Waals surface area (Å²) in [4.78, 5) is 10.6. The van der Waals surface area contributed by atoms with E-state index in [-0.39, 0.29) is 26.2 Å². The largest absolute Gasteiger partial charge is 0.382 e. The second-order valence-electron chi connectivity index (χ2n) is 7.59. The number of halogens is 3. The number of alkyl halides is 2. The number of fused-ring (bicyclic) bond motifs is 3. The van der Waals surface area contributed by atoms with E-state index in [4.69, 9.17) is 21.9 Å². The van der Waals surface area contributed by atoms with Crippen LogP contribution in [0.3, 0.4) is 0 Å². The molecule has 0 saturated carbocycles. The molecular formula is C20H22ClF2N7O. The highest BCUT2D eigenvalue weighted by molar-refractivity contribution is 6.31. The number of rotatable bonds is 7. The summed E-state index contributed by atoms with van der Waals surface area (Å²) in [6, 6.07) is 4.12. The van der Waals surface area contributed by atoms with E-state index in [1.54, 1.807) is 40.9 Å². The Morgan fingerprint density at radius 3 is 2.94 bits per heavy atom. The second kappa shape index (κ2) is 8.45. The van der Waals surface area contributed by atoms with Crippen molar-refractivity contribution in [2.24, 2.45) is 5.11 Å². The van der Waals surface area contributed by atoms with Crippen LogP contribution in [0.1, 0.15) is 11.9 Å². The van der Waals surface area contributed by atoms with Gasteiger partial charge in [0.05, 0.1) is 36.9 Å². The minimum atomic E-state index is -2.93. The normalized spacial score (nSPS) is 19.4. The molecule has 8 nitrogen and oxygen atoms in total. The van der Waals surface area contributed by atoms with E-state index in [9.17, 15) is 8.78 Å². The molecule has 4 rings (SSSR count). The molecule has 11 heteroatoms. The summed E-state index contributed by atoms with van der Waals surface area (Å²) < 4.78 is 36.6. The lowest BCUT2D eigenvalue weighted by molar-refractivity contribution is -0.0201. The fourth-order valence-electron chi connectivity index (χ4n) is 4.00. The number of hydrogen-bond donors (Lipinski definition) is 2. The summed E-state index contributed by atoms with van der Waals surface area (Å²) in [7, 11) is 3.18. The van der Waals surface area contributed by atoms with Crippen LogP contribution in [0, 0.1) is 5.53 Å². The van der Waals surface area contributed by atoms with Gasteiger partial charge in [0, 0.05) is 30.3 Å². The number of likely N-dealkylation sites (tertiary alicyclic amines) is 1. The molecule has 3 aromatic rings. The van der Waals surface area contributed by atoms with E-state index in [1.165, 1.54) is 13.3 Å². The molecule has 2 N–H and O–H groups in total. The lowest BCUT2D eigenvalue weighted by Gasteiger charge is -2.23. The predicted octanol–water partition coefficient (Wildman–Crippen LogP) is 3.97. The molecule has 1 saturated heterocycles. The molecule has 0 aliphatic carbocycles. The number of pyridine rings is 1. The van der Waals surface area contributed by atoms with E-state index in [0.29, 0.717) is 38.5 Å². The van der Waals surface area contributed by atoms with Crippen molar-refractivity contribution in [3.05, 3.63) is 47.1 Å². The van der Waals surface area contributed by atoms with Gasteiger partial charge in [-0.05, 0) is 25.2 Å². The standard InChI is InChI=1S/C20H22ClF2N7O/c1-29-9-17(20(22,23)11-29)30-18(8-25-6-13(28-24)10-31-2)27-16-7-26-15-4-3-12(21)5-14(15)19(16)30/h3-7,17,24-25H,8-11H2,1-2H3/b13-6-,28-24?. The fraction of sp³-hybridized carbons (Fsp3) is 0.400. The van der Waals surface area contributed by atoms with Crippen LogP contribution in [0.15, 0.2) is 41.4 Å². The van der Waals surface area contributed by atoms with Crippen LogP contribution in [-0.2, 0) is 11.3 Å². The summed E-state index contributed by atoms with van der Waals surface area (Å²) in [5, 5.41) is 7.56. The SMILES string of the molecule is COC/C(=C/NCc1nc2cnc3ccc(Cl)cc3c2n1C1CN(C)CC1(F)F)N=N. The zero-order valence-corrected chi connectivity index (χ0v) is 17.8. The summed E-state index contributed by atoms with van der Waals surface area (Å²) >= 11 is 6.21. The number of nitrogens with one attached hydrogen (secondary N) is 2. The molecule has 1 unspecified atom stereocenters. The van der Waals surface area contributed by atoms with Gasteiger partial charge >= 0.3 is 0 Å². The molecule has 3 heterocycles. The molecule has 164 valence electrons. The third-order valence-corrected chi connectivity index (χ3v) is 5.52. The molecule has 1 atom stereocenters. The average Bonchev–Trinajstić information content (AvgIpc) is 3.22. The minimum Gasteiger partial charge on any atom is -0.382 e. The molecule has 1 aliphatic heterocycles. The number of likely N-dealkylation sites (N-methyl/N-ethyl adjacent to an activating group) is 1. The Bertz CT molecular complexity index is 1160. The van der Waals surface area contributed by atoms with Crippen molar-refractivity contribution in [2.45, 2.75) is 18.5 Å². The van der Waals surface area contributed by atoms with Gasteiger partial charge in [-0.25, -0.2) is 19.3 Å². The van der Waals surface area contributed by atoms with E-state index < -0.39 is 12.0 Å². The van der Waals surface area contributed by atoms with E-state index >= 15 is 0 Å². The smallest absolute Gasteiger partial charge is 0.282 e. The van der Waals surface area contributed by atoms with Crippen molar-refractivity contribution in [3.63, 3.8) is 0 Å². The van der Waals surface area contributed by atoms with Crippen LogP contribution in [0.2, 0.25) is 5.02 Å². The highest BCUT2D eigenvalue weighted by Crippen LogP contribution is 2.40. The van der Waals surface area contributed by atoms with E-state index in [2.05, 4.69) is 20.4 Å². The van der Waals surface area contributed by atoms with Crippen LogP contribution >= 0.6 is 11.6 Å². The van der Waals surface area contributed by atoms with Crippen molar-refractivity contribution in [3.8, 4) is 0 Å². The number of ether oxygens (including phenoxy) is 1. The first kappa shape index (κ1) is 21.5. The molecular weight excluding hydrogens is 428 g/mol. The Kier molecular flexibility index (Phi) is 5.87. The first-order valence-electron chi connectivity index (χ1n) is 9.64. The number of benzene rings is 1. The third kappa shape index (κ3) is 4.10. The van der Waals surface area contributed by atoms with E-state index in [0.717, 1.165) is 0 Å². The van der Waals surface area contributed by atoms with E-state index in [1.807, 2.05) is 0 Å². The summed E-state index contributed by atoms with van der Waals surface area (Å²) in [5.74, 6) is -2.50. The number of methoxy groups -OCH3 is 1. The van der Waals surface area contributed by atoms with Gasteiger partial charge in [0.2, 0.25) is 0 Å². The van der Waals surface area contributed by atoms with Gasteiger partial charge in [-0.15, -0.1) is 0 Å². The third-order valence-electron chi connectivity index (χ3n) is 5.28. The highest BCUT2D eigenvalue weighted by atomic mass is 35.5. The Morgan fingerprint density at radius 2 is 2.26 bits per heavy atom. The van der Waals surface area contributed by atoms with Crippen LogP contribution in [0.5, 0.6) is 0 Å². The van der Waals surface area contributed by atoms with Gasteiger partial charge in [0.15, 0.2) is 0 Å². The average molecular weight is 450 g/mol. The van der Waals surface area contributed by atoms with Crippen LogP contribution in [0.25, 0.3) is 21.9 Å². The summed E-state index contributed by atoms with van der Waals surface area (Å²) in [6.07, 6.45) is 3.11. The molecule has 0 radical (unpaired) electrons. The Labute approximate surface area is 182 Å². The van der Waals surface area contributed by atoms with Crippen molar-refractivity contribution >= 4 is 33.5 Å². The molecule has 31 heavy (non-hydrogen) atoms. The second-order valence-corrected chi connectivity index (χ2v) is 8.02. The number of imidazole rings is 1. The molecule has 2 aromatic heterocycles. The maximum atomic E-state index is 15.0. The monoisotopic (exact) mass is 449 g/mol. The Balaban J connectivity index is 1.86. The molecule has 1 fully saturated rings. The summed E-state index contributed by atoms with van der Waals surface area (Å²) in [5.41, 5.74) is 9.31. The molecule has 1 aromatic carbocycles. The van der Waals surface area contributed by atoms with Gasteiger partial charge < -0.3 is 14.6 Å². The summed E-state index contributed by atoms with van der Waals surface area (Å²) in [6.45, 7) is 0.174. The van der Waals surface area contributed by atoms with Gasteiger partial charge in [-0.3, -0.25) is 9.88 Å². The number of aromatic nitrogens is 3. The Morgan fingerprint density at radius 1 is 1.45 bits per heavy atom. The zero-order chi connectivity index (χ0) is 22.2. The maximum absolute atomic E-state index is 15.0. The van der Waals surface area contributed by atoms with Gasteiger partial charge in [0.1, 0.15) is 23.1 Å². The predicted molar refractivity (Wildman–Crippen MR) is 113 cm³/mol. The van der Waals surface area contributed by atoms with Crippen molar-refractivity contribution in [1.82, 2.24) is 24.8 Å². The lowest BCUT2D eigenvalue weighted by Crippen LogP contribution is -2.31. The molecule has 0 spiro atoms. The highest BCUT2D eigenvalue weighted by Gasteiger charge is 2.49. The minimum absolute atomic E-state index is 0.158. The first-order valence-corrected chi connectivity index (χ1v) is 10.0.